The Morgan fingerprint density at radius 3 is 2.71 bits per heavy atom. The zero-order valence-corrected chi connectivity index (χ0v) is 21.4. The first-order valence-corrected chi connectivity index (χ1v) is 13.5. The molecule has 0 aliphatic heterocycles. The normalized spacial score (nSPS) is 15.1. The van der Waals surface area contributed by atoms with Gasteiger partial charge in [-0.25, -0.2) is 0 Å². The lowest BCUT2D eigenvalue weighted by atomic mass is 9.99. The van der Waals surface area contributed by atoms with Crippen molar-refractivity contribution >= 4 is 51.9 Å². The lowest BCUT2D eigenvalue weighted by molar-refractivity contribution is 0.0936. The molecule has 1 aromatic carbocycles. The van der Waals surface area contributed by atoms with Gasteiger partial charge in [-0.05, 0) is 55.6 Å². The number of unbranched alkanes of at least 4 members (excludes halogenated alkanes) is 1. The largest absolute Gasteiger partial charge is 0.352 e. The summed E-state index contributed by atoms with van der Waals surface area (Å²) in [5.74, 6) is 0.0589. The van der Waals surface area contributed by atoms with Crippen LogP contribution in [0.2, 0.25) is 0 Å². The van der Waals surface area contributed by atoms with E-state index in [2.05, 4.69) is 29.5 Å². The fourth-order valence-corrected chi connectivity index (χ4v) is 5.97. The molecule has 0 spiro atoms. The molecule has 1 aliphatic rings. The molecule has 2 heterocycles. The molecular weight excluding hydrogens is 468 g/mol. The number of thiazole rings is 1. The number of fused-ring (bicyclic) bond motifs is 3. The van der Waals surface area contributed by atoms with E-state index in [0.717, 1.165) is 51.4 Å². The number of rotatable bonds is 9. The lowest BCUT2D eigenvalue weighted by Crippen LogP contribution is -2.32. The van der Waals surface area contributed by atoms with Gasteiger partial charge >= 0.3 is 0 Å². The number of aromatic amines is 1. The average Bonchev–Trinajstić information content (AvgIpc) is 3.46. The Bertz CT molecular complexity index is 1320. The number of nitrogens with zero attached hydrogens (tertiary/aromatic N) is 1. The summed E-state index contributed by atoms with van der Waals surface area (Å²) in [6.45, 7) is 4.94. The molecule has 4 rings (SSSR count). The first-order valence-electron chi connectivity index (χ1n) is 12.2. The van der Waals surface area contributed by atoms with E-state index in [9.17, 15) is 14.4 Å². The van der Waals surface area contributed by atoms with Gasteiger partial charge in [-0.1, -0.05) is 57.3 Å². The minimum atomic E-state index is -0.310. The van der Waals surface area contributed by atoms with Gasteiger partial charge in [-0.15, -0.1) is 0 Å². The third-order valence-corrected chi connectivity index (χ3v) is 8.15. The molecule has 9 heteroatoms. The standard InChI is InChI=1S/C25H32N4O3S2/c1-3-5-8-15(4-2)14-26-22(30)16-11-12-18-19(13-16)29-21(28-23(18)31)20(34-25(29)33)24(32)27-17-9-6-7-10-17/h11-13,15,17H,3-10,14H2,1-2H3,(H,26,30)(H,27,32)(H,28,31). The molecule has 0 radical (unpaired) electrons. The van der Waals surface area contributed by atoms with Crippen LogP contribution in [-0.2, 0) is 0 Å². The second-order valence-corrected chi connectivity index (χ2v) is 10.8. The van der Waals surface area contributed by atoms with Crippen molar-refractivity contribution in [2.45, 2.75) is 71.3 Å². The number of carbonyl (C=O) groups excluding carboxylic acids is 2. The van der Waals surface area contributed by atoms with Crippen molar-refractivity contribution in [3.05, 3.63) is 42.9 Å². The van der Waals surface area contributed by atoms with Crippen molar-refractivity contribution < 1.29 is 9.59 Å². The Morgan fingerprint density at radius 1 is 1.24 bits per heavy atom. The Labute approximate surface area is 208 Å². The number of carbonyl (C=O) groups is 2. The van der Waals surface area contributed by atoms with Crippen LogP contribution in [0.3, 0.4) is 0 Å². The van der Waals surface area contributed by atoms with Gasteiger partial charge in [-0.2, -0.15) is 0 Å². The summed E-state index contributed by atoms with van der Waals surface area (Å²) in [6.07, 6.45) is 8.57. The minimum Gasteiger partial charge on any atom is -0.352 e. The van der Waals surface area contributed by atoms with E-state index in [-0.39, 0.29) is 23.4 Å². The molecular formula is C25H32N4O3S2. The predicted molar refractivity (Wildman–Crippen MR) is 140 cm³/mol. The van der Waals surface area contributed by atoms with E-state index in [1.165, 1.54) is 11.3 Å². The molecule has 0 saturated heterocycles. The number of benzene rings is 1. The van der Waals surface area contributed by atoms with E-state index in [1.807, 2.05) is 0 Å². The van der Waals surface area contributed by atoms with Crippen LogP contribution in [-0.4, -0.2) is 33.8 Å². The van der Waals surface area contributed by atoms with Gasteiger partial charge in [0.05, 0.1) is 10.9 Å². The molecule has 1 saturated carbocycles. The van der Waals surface area contributed by atoms with Crippen LogP contribution in [0.5, 0.6) is 0 Å². The number of H-pyrrole nitrogens is 1. The van der Waals surface area contributed by atoms with Crippen LogP contribution in [0.25, 0.3) is 16.6 Å². The quantitative estimate of drug-likeness (QED) is 0.352. The van der Waals surface area contributed by atoms with Crippen LogP contribution in [0, 0.1) is 9.87 Å². The van der Waals surface area contributed by atoms with Crippen molar-refractivity contribution in [1.29, 1.82) is 0 Å². The Morgan fingerprint density at radius 2 is 2.00 bits per heavy atom. The molecule has 3 aromatic rings. The first kappa shape index (κ1) is 24.6. The third-order valence-electron chi connectivity index (χ3n) is 6.78. The summed E-state index contributed by atoms with van der Waals surface area (Å²) in [5, 5.41) is 6.54. The van der Waals surface area contributed by atoms with Gasteiger partial charge in [0.1, 0.15) is 10.5 Å². The van der Waals surface area contributed by atoms with Crippen LogP contribution in [0.1, 0.15) is 85.2 Å². The first-order chi connectivity index (χ1) is 16.4. The van der Waals surface area contributed by atoms with Gasteiger partial charge in [-0.3, -0.25) is 18.8 Å². The van der Waals surface area contributed by atoms with Crippen molar-refractivity contribution in [3.63, 3.8) is 0 Å². The maximum Gasteiger partial charge on any atom is 0.265 e. The average molecular weight is 501 g/mol. The fraction of sp³-hybridized carbons (Fsp3) is 0.520. The summed E-state index contributed by atoms with van der Waals surface area (Å²) < 4.78 is 2.16. The van der Waals surface area contributed by atoms with E-state index in [4.69, 9.17) is 12.2 Å². The highest BCUT2D eigenvalue weighted by molar-refractivity contribution is 7.73. The van der Waals surface area contributed by atoms with Crippen LogP contribution in [0.4, 0.5) is 0 Å². The topological polar surface area (TPSA) is 95.5 Å². The molecule has 3 N–H and O–H groups in total. The highest BCUT2D eigenvalue weighted by Gasteiger charge is 2.23. The fourth-order valence-electron chi connectivity index (χ4n) is 4.69. The maximum atomic E-state index is 13.0. The SMILES string of the molecule is CCCCC(CC)CNC(=O)c1ccc2c(=O)[nH]c3c(C(=O)NC4CCCC4)sc(=S)n3c2c1. The van der Waals surface area contributed by atoms with Gasteiger partial charge in [0, 0.05) is 18.2 Å². The highest BCUT2D eigenvalue weighted by atomic mass is 32.1. The Balaban J connectivity index is 1.66. The summed E-state index contributed by atoms with van der Waals surface area (Å²) in [4.78, 5) is 41.9. The third kappa shape index (κ3) is 5.10. The number of hydrogen-bond donors (Lipinski definition) is 3. The highest BCUT2D eigenvalue weighted by Crippen LogP contribution is 2.25. The monoisotopic (exact) mass is 500 g/mol. The lowest BCUT2D eigenvalue weighted by Gasteiger charge is -2.15. The Hall–Kier alpha value is -2.52. The number of amides is 2. The molecule has 1 fully saturated rings. The Kier molecular flexibility index (Phi) is 7.83. The number of aromatic nitrogens is 2. The summed E-state index contributed by atoms with van der Waals surface area (Å²) >= 11 is 6.75. The second kappa shape index (κ2) is 10.8. The van der Waals surface area contributed by atoms with Gasteiger partial charge in [0.25, 0.3) is 17.4 Å². The predicted octanol–water partition coefficient (Wildman–Crippen LogP) is 5.19. The summed E-state index contributed by atoms with van der Waals surface area (Å²) in [6, 6.07) is 5.17. The van der Waals surface area contributed by atoms with Gasteiger partial charge < -0.3 is 15.6 Å². The molecule has 0 bridgehead atoms. The molecule has 1 atom stereocenters. The summed E-state index contributed by atoms with van der Waals surface area (Å²) in [7, 11) is 0. The molecule has 34 heavy (non-hydrogen) atoms. The maximum absolute atomic E-state index is 13.0. The van der Waals surface area contributed by atoms with Gasteiger partial charge in [0.2, 0.25) is 0 Å². The summed E-state index contributed by atoms with van der Waals surface area (Å²) in [5.41, 5.74) is 1.07. The van der Waals surface area contributed by atoms with E-state index < -0.39 is 0 Å². The molecule has 182 valence electrons. The van der Waals surface area contributed by atoms with Crippen LogP contribution < -0.4 is 16.2 Å². The molecule has 7 nitrogen and oxygen atoms in total. The smallest absolute Gasteiger partial charge is 0.265 e. The van der Waals surface area contributed by atoms with E-state index in [1.54, 1.807) is 22.6 Å². The zero-order valence-electron chi connectivity index (χ0n) is 19.7. The minimum absolute atomic E-state index is 0.162. The second-order valence-electron chi connectivity index (χ2n) is 9.15. The molecule has 1 unspecified atom stereocenters. The van der Waals surface area contributed by atoms with Crippen molar-refractivity contribution in [2.24, 2.45) is 5.92 Å². The van der Waals surface area contributed by atoms with E-state index >= 15 is 0 Å². The molecule has 2 amide bonds. The number of nitrogens with one attached hydrogen (secondary N) is 3. The van der Waals surface area contributed by atoms with Crippen molar-refractivity contribution in [2.75, 3.05) is 6.54 Å². The number of hydrogen-bond acceptors (Lipinski definition) is 5. The van der Waals surface area contributed by atoms with Crippen molar-refractivity contribution in [1.82, 2.24) is 20.0 Å². The molecule has 2 aromatic heterocycles. The van der Waals surface area contributed by atoms with Crippen LogP contribution >= 0.6 is 23.6 Å². The van der Waals surface area contributed by atoms with Crippen LogP contribution in [0.15, 0.2) is 23.0 Å². The van der Waals surface area contributed by atoms with Gasteiger partial charge in [0.15, 0.2) is 3.95 Å². The van der Waals surface area contributed by atoms with E-state index in [0.29, 0.717) is 43.4 Å². The zero-order chi connectivity index (χ0) is 24.2. The molecule has 1 aliphatic carbocycles. The van der Waals surface area contributed by atoms with Crippen molar-refractivity contribution in [3.8, 4) is 0 Å².